The average molecular weight is 369 g/mol. The van der Waals surface area contributed by atoms with E-state index in [-0.39, 0.29) is 11.9 Å². The fraction of sp³-hybridized carbons (Fsp3) is 0.350. The Balaban J connectivity index is 1.69. The molecular weight excluding hydrogens is 344 g/mol. The van der Waals surface area contributed by atoms with Gasteiger partial charge in [-0.1, -0.05) is 35.9 Å². The number of carbonyl (C=O) groups excluding carboxylic acids is 1. The van der Waals surface area contributed by atoms with Crippen LogP contribution in [0.25, 0.3) is 5.65 Å². The summed E-state index contributed by atoms with van der Waals surface area (Å²) in [5, 5.41) is 11.7. The first kappa shape index (κ1) is 18.5. The highest BCUT2D eigenvalue weighted by molar-refractivity contribution is 7.98. The van der Waals surface area contributed by atoms with Gasteiger partial charge in [-0.15, -0.1) is 10.2 Å². The van der Waals surface area contributed by atoms with E-state index in [0.29, 0.717) is 6.42 Å². The normalized spacial score (nSPS) is 12.2. The number of carbonyl (C=O) groups is 1. The maximum atomic E-state index is 12.5. The van der Waals surface area contributed by atoms with E-state index >= 15 is 0 Å². The predicted octanol–water partition coefficient (Wildman–Crippen LogP) is 3.58. The molecule has 1 N–H and O–H groups in total. The summed E-state index contributed by atoms with van der Waals surface area (Å²) in [7, 11) is 0. The Labute approximate surface area is 158 Å². The highest BCUT2D eigenvalue weighted by atomic mass is 32.2. The second-order valence-electron chi connectivity index (χ2n) is 6.38. The van der Waals surface area contributed by atoms with Gasteiger partial charge < -0.3 is 5.32 Å². The molecule has 1 aromatic carbocycles. The summed E-state index contributed by atoms with van der Waals surface area (Å²) in [4.78, 5) is 12.5. The molecular formula is C20H24N4OS. The molecule has 0 aliphatic heterocycles. The number of hydrogen-bond acceptors (Lipinski definition) is 4. The van der Waals surface area contributed by atoms with Gasteiger partial charge in [0.05, 0.1) is 6.04 Å². The third kappa shape index (κ3) is 4.64. The van der Waals surface area contributed by atoms with E-state index in [2.05, 4.69) is 46.9 Å². The van der Waals surface area contributed by atoms with E-state index in [1.54, 1.807) is 11.8 Å². The SMILES string of the molecule is CSCCC(NC(=O)CCc1cccc(C)c1)c1nnc2ccccn12. The molecule has 136 valence electrons. The monoisotopic (exact) mass is 368 g/mol. The molecule has 3 rings (SSSR count). The minimum atomic E-state index is -0.134. The van der Waals surface area contributed by atoms with E-state index in [0.717, 1.165) is 30.1 Å². The van der Waals surface area contributed by atoms with Crippen LogP contribution < -0.4 is 5.32 Å². The molecule has 0 aliphatic rings. The van der Waals surface area contributed by atoms with Crippen LogP contribution in [-0.2, 0) is 11.2 Å². The van der Waals surface area contributed by atoms with Crippen molar-refractivity contribution < 1.29 is 4.79 Å². The Hall–Kier alpha value is -2.34. The molecule has 0 radical (unpaired) electrons. The third-order valence-electron chi connectivity index (χ3n) is 4.32. The van der Waals surface area contributed by atoms with Crippen LogP contribution in [0.5, 0.6) is 0 Å². The van der Waals surface area contributed by atoms with Crippen molar-refractivity contribution in [3.05, 3.63) is 65.6 Å². The van der Waals surface area contributed by atoms with Crippen LogP contribution in [-0.4, -0.2) is 32.5 Å². The Morgan fingerprint density at radius 1 is 1.23 bits per heavy atom. The Kier molecular flexibility index (Phi) is 6.28. The van der Waals surface area contributed by atoms with Crippen molar-refractivity contribution >= 4 is 23.3 Å². The second kappa shape index (κ2) is 8.85. The van der Waals surface area contributed by atoms with Crippen LogP contribution in [0, 0.1) is 6.92 Å². The number of nitrogens with zero attached hydrogens (tertiary/aromatic N) is 3. The molecule has 0 bridgehead atoms. The topological polar surface area (TPSA) is 59.3 Å². The van der Waals surface area contributed by atoms with Gasteiger partial charge in [0.2, 0.25) is 5.91 Å². The molecule has 2 heterocycles. The van der Waals surface area contributed by atoms with Gasteiger partial charge in [-0.3, -0.25) is 9.20 Å². The Morgan fingerprint density at radius 3 is 2.92 bits per heavy atom. The fourth-order valence-electron chi connectivity index (χ4n) is 2.99. The number of fused-ring (bicyclic) bond motifs is 1. The van der Waals surface area contributed by atoms with E-state index in [1.165, 1.54) is 11.1 Å². The first-order chi connectivity index (χ1) is 12.7. The van der Waals surface area contributed by atoms with Gasteiger partial charge in [-0.25, -0.2) is 0 Å². The van der Waals surface area contributed by atoms with Crippen LogP contribution in [0.4, 0.5) is 0 Å². The van der Waals surface area contributed by atoms with E-state index in [1.807, 2.05) is 34.9 Å². The molecule has 6 heteroatoms. The molecule has 1 atom stereocenters. The number of aromatic nitrogens is 3. The van der Waals surface area contributed by atoms with Crippen molar-refractivity contribution in [1.29, 1.82) is 0 Å². The zero-order valence-electron chi connectivity index (χ0n) is 15.2. The highest BCUT2D eigenvalue weighted by Gasteiger charge is 2.20. The minimum Gasteiger partial charge on any atom is -0.346 e. The minimum absolute atomic E-state index is 0.0466. The van der Waals surface area contributed by atoms with Crippen LogP contribution in [0.1, 0.15) is 35.8 Å². The summed E-state index contributed by atoms with van der Waals surface area (Å²) in [5.74, 6) is 1.79. The largest absolute Gasteiger partial charge is 0.346 e. The number of amides is 1. The number of thioether (sulfide) groups is 1. The van der Waals surface area contributed by atoms with Crippen LogP contribution in [0.3, 0.4) is 0 Å². The van der Waals surface area contributed by atoms with Crippen molar-refractivity contribution in [3.63, 3.8) is 0 Å². The van der Waals surface area contributed by atoms with Crippen molar-refractivity contribution in [2.75, 3.05) is 12.0 Å². The van der Waals surface area contributed by atoms with Gasteiger partial charge in [0, 0.05) is 12.6 Å². The fourth-order valence-corrected chi connectivity index (χ4v) is 3.46. The number of benzene rings is 1. The second-order valence-corrected chi connectivity index (χ2v) is 7.36. The first-order valence-electron chi connectivity index (χ1n) is 8.81. The van der Waals surface area contributed by atoms with E-state index in [9.17, 15) is 4.79 Å². The lowest BCUT2D eigenvalue weighted by atomic mass is 10.1. The van der Waals surface area contributed by atoms with Gasteiger partial charge in [0.1, 0.15) is 0 Å². The molecule has 0 saturated heterocycles. The third-order valence-corrected chi connectivity index (χ3v) is 4.96. The molecule has 0 fully saturated rings. The summed E-state index contributed by atoms with van der Waals surface area (Å²) < 4.78 is 1.95. The van der Waals surface area contributed by atoms with Crippen LogP contribution in [0.2, 0.25) is 0 Å². The molecule has 26 heavy (non-hydrogen) atoms. The van der Waals surface area contributed by atoms with Gasteiger partial charge in [0.25, 0.3) is 0 Å². The van der Waals surface area contributed by atoms with E-state index < -0.39 is 0 Å². The zero-order valence-corrected chi connectivity index (χ0v) is 16.0. The smallest absolute Gasteiger partial charge is 0.220 e. The highest BCUT2D eigenvalue weighted by Crippen LogP contribution is 2.18. The quantitative estimate of drug-likeness (QED) is 0.660. The standard InChI is InChI=1S/C20H24N4OS/c1-15-6-5-7-16(14-15)9-10-19(25)21-17(11-13-26-2)20-23-22-18-8-3-4-12-24(18)20/h3-8,12,14,17H,9-11,13H2,1-2H3,(H,21,25). The molecule has 3 aromatic rings. The molecule has 0 aliphatic carbocycles. The maximum absolute atomic E-state index is 12.5. The molecule has 0 saturated carbocycles. The summed E-state index contributed by atoms with van der Waals surface area (Å²) >= 11 is 1.76. The first-order valence-corrected chi connectivity index (χ1v) is 10.2. The van der Waals surface area contributed by atoms with E-state index in [4.69, 9.17) is 0 Å². The summed E-state index contributed by atoms with van der Waals surface area (Å²) in [6.45, 7) is 2.07. The number of aryl methyl sites for hydroxylation is 2. The zero-order chi connectivity index (χ0) is 18.4. The lowest BCUT2D eigenvalue weighted by Crippen LogP contribution is -2.30. The Bertz CT molecular complexity index is 877. The van der Waals surface area contributed by atoms with Crippen LogP contribution >= 0.6 is 11.8 Å². The molecule has 2 aromatic heterocycles. The number of pyridine rings is 1. The molecule has 5 nitrogen and oxygen atoms in total. The summed E-state index contributed by atoms with van der Waals surface area (Å²) in [5.41, 5.74) is 3.20. The van der Waals surface area contributed by atoms with Crippen molar-refractivity contribution in [2.45, 2.75) is 32.2 Å². The van der Waals surface area contributed by atoms with Crippen molar-refractivity contribution in [1.82, 2.24) is 19.9 Å². The van der Waals surface area contributed by atoms with Crippen molar-refractivity contribution in [2.24, 2.45) is 0 Å². The lowest BCUT2D eigenvalue weighted by Gasteiger charge is -2.17. The van der Waals surface area contributed by atoms with Gasteiger partial charge in [0.15, 0.2) is 11.5 Å². The molecule has 1 amide bonds. The predicted molar refractivity (Wildman–Crippen MR) is 106 cm³/mol. The van der Waals surface area contributed by atoms with Gasteiger partial charge >= 0.3 is 0 Å². The van der Waals surface area contributed by atoms with Gasteiger partial charge in [-0.05, 0) is 49.5 Å². The number of nitrogens with one attached hydrogen (secondary N) is 1. The lowest BCUT2D eigenvalue weighted by molar-refractivity contribution is -0.121. The summed E-state index contributed by atoms with van der Waals surface area (Å²) in [6.07, 6.45) is 6.04. The Morgan fingerprint density at radius 2 is 2.12 bits per heavy atom. The summed E-state index contributed by atoms with van der Waals surface area (Å²) in [6, 6.07) is 14.0. The van der Waals surface area contributed by atoms with Crippen LogP contribution in [0.15, 0.2) is 48.7 Å². The molecule has 0 spiro atoms. The number of rotatable bonds is 8. The number of hydrogen-bond donors (Lipinski definition) is 1. The molecule has 1 unspecified atom stereocenters. The van der Waals surface area contributed by atoms with Gasteiger partial charge in [-0.2, -0.15) is 11.8 Å². The average Bonchev–Trinajstić information content (AvgIpc) is 3.07. The van der Waals surface area contributed by atoms with Crippen molar-refractivity contribution in [3.8, 4) is 0 Å². The maximum Gasteiger partial charge on any atom is 0.220 e.